The average molecular weight is 478 g/mol. The lowest BCUT2D eigenvalue weighted by Gasteiger charge is -2.41. The van der Waals surface area contributed by atoms with E-state index in [0.29, 0.717) is 5.92 Å². The molecule has 2 N–H and O–H groups in total. The van der Waals surface area contributed by atoms with E-state index < -0.39 is 0 Å². The smallest absolute Gasteiger partial charge is 0.239 e. The zero-order chi connectivity index (χ0) is 24.1. The highest BCUT2D eigenvalue weighted by atomic mass is 16.5. The van der Waals surface area contributed by atoms with Gasteiger partial charge >= 0.3 is 0 Å². The second kappa shape index (κ2) is 12.2. The van der Waals surface area contributed by atoms with E-state index >= 15 is 0 Å². The number of rotatable bonds is 6. The maximum absolute atomic E-state index is 12.9. The molecule has 0 aromatic heterocycles. The minimum Gasteiger partial charge on any atom is -0.375 e. The van der Waals surface area contributed by atoms with Crippen molar-refractivity contribution in [3.63, 3.8) is 0 Å². The van der Waals surface area contributed by atoms with Crippen LogP contribution in [0.4, 0.5) is 0 Å². The summed E-state index contributed by atoms with van der Waals surface area (Å²) in [7, 11) is 2.12. The molecule has 3 heterocycles. The van der Waals surface area contributed by atoms with Gasteiger partial charge < -0.3 is 25.2 Å². The van der Waals surface area contributed by atoms with E-state index in [1.807, 2.05) is 9.80 Å². The molecule has 2 amide bonds. The van der Waals surface area contributed by atoms with E-state index in [1.54, 1.807) is 0 Å². The number of carbonyl (C=O) groups is 2. The second-order valence-corrected chi connectivity index (χ2v) is 11.1. The predicted molar refractivity (Wildman–Crippen MR) is 133 cm³/mol. The fourth-order valence-electron chi connectivity index (χ4n) is 6.24. The number of piperidine rings is 2. The zero-order valence-electron chi connectivity index (χ0n) is 21.5. The third-order valence-electron chi connectivity index (χ3n) is 8.78. The molecule has 4 rings (SSSR count). The summed E-state index contributed by atoms with van der Waals surface area (Å²) in [5, 5.41) is 0. The molecule has 1 saturated carbocycles. The summed E-state index contributed by atoms with van der Waals surface area (Å²) in [5.74, 6) is 0.791. The van der Waals surface area contributed by atoms with Gasteiger partial charge in [-0.15, -0.1) is 0 Å². The first kappa shape index (κ1) is 25.9. The van der Waals surface area contributed by atoms with Crippen LogP contribution in [0.15, 0.2) is 0 Å². The molecular weight excluding hydrogens is 430 g/mol. The number of nitrogens with two attached hydrogens (primary N) is 1. The number of piperazine rings is 1. The molecule has 3 saturated heterocycles. The number of carbonyl (C=O) groups excluding carboxylic acids is 2. The first-order valence-electron chi connectivity index (χ1n) is 13.8. The largest absolute Gasteiger partial charge is 0.375 e. The lowest BCUT2D eigenvalue weighted by atomic mass is 9.83. The number of likely N-dealkylation sites (tertiary alicyclic amines) is 2. The Kier molecular flexibility index (Phi) is 9.24. The summed E-state index contributed by atoms with van der Waals surface area (Å²) in [6.07, 6.45) is 10.2. The van der Waals surface area contributed by atoms with Crippen molar-refractivity contribution >= 4 is 11.8 Å². The lowest BCUT2D eigenvalue weighted by Crippen LogP contribution is -2.55. The zero-order valence-corrected chi connectivity index (χ0v) is 21.5. The van der Waals surface area contributed by atoms with Crippen LogP contribution in [-0.4, -0.2) is 115 Å². The summed E-state index contributed by atoms with van der Waals surface area (Å²) >= 11 is 0. The van der Waals surface area contributed by atoms with E-state index in [-0.39, 0.29) is 36.1 Å². The Balaban J connectivity index is 1.15. The second-order valence-electron chi connectivity index (χ2n) is 11.1. The molecule has 2 atom stereocenters. The first-order chi connectivity index (χ1) is 16.4. The molecule has 0 aromatic carbocycles. The molecule has 2 unspecified atom stereocenters. The molecule has 34 heavy (non-hydrogen) atoms. The van der Waals surface area contributed by atoms with Crippen LogP contribution in [0.5, 0.6) is 0 Å². The molecule has 3 aliphatic heterocycles. The molecular formula is C26H47N5O3. The summed E-state index contributed by atoms with van der Waals surface area (Å²) < 4.78 is 6.46. The quantitative estimate of drug-likeness (QED) is 0.625. The van der Waals surface area contributed by atoms with E-state index in [0.717, 1.165) is 90.9 Å². The van der Waals surface area contributed by atoms with Crippen molar-refractivity contribution in [1.29, 1.82) is 0 Å². The third kappa shape index (κ3) is 6.50. The Morgan fingerprint density at radius 3 is 1.85 bits per heavy atom. The Labute approximate surface area is 206 Å². The summed E-state index contributed by atoms with van der Waals surface area (Å²) in [6, 6.07) is -0.371. The van der Waals surface area contributed by atoms with Gasteiger partial charge in [-0.25, -0.2) is 0 Å². The van der Waals surface area contributed by atoms with Crippen molar-refractivity contribution in [3.05, 3.63) is 0 Å². The highest BCUT2D eigenvalue weighted by Crippen LogP contribution is 2.28. The Hall–Kier alpha value is -1.22. The van der Waals surface area contributed by atoms with E-state index in [9.17, 15) is 9.59 Å². The van der Waals surface area contributed by atoms with Crippen molar-refractivity contribution in [2.24, 2.45) is 11.7 Å². The van der Waals surface area contributed by atoms with Gasteiger partial charge in [-0.2, -0.15) is 0 Å². The van der Waals surface area contributed by atoms with Gasteiger partial charge in [-0.05, 0) is 58.4 Å². The van der Waals surface area contributed by atoms with Crippen LogP contribution in [-0.2, 0) is 14.3 Å². The van der Waals surface area contributed by atoms with Crippen molar-refractivity contribution in [2.45, 2.75) is 89.0 Å². The fourth-order valence-corrected chi connectivity index (χ4v) is 6.24. The van der Waals surface area contributed by atoms with Crippen LogP contribution < -0.4 is 5.73 Å². The van der Waals surface area contributed by atoms with Gasteiger partial charge in [0.25, 0.3) is 0 Å². The molecule has 194 valence electrons. The Morgan fingerprint density at radius 2 is 1.26 bits per heavy atom. The van der Waals surface area contributed by atoms with Gasteiger partial charge in [0.2, 0.25) is 11.8 Å². The van der Waals surface area contributed by atoms with Gasteiger partial charge in [0.05, 0.1) is 24.3 Å². The number of hydrogen-bond donors (Lipinski definition) is 1. The summed E-state index contributed by atoms with van der Waals surface area (Å²) in [5.41, 5.74) is 6.36. The van der Waals surface area contributed by atoms with Crippen LogP contribution in [0, 0.1) is 5.92 Å². The summed E-state index contributed by atoms with van der Waals surface area (Å²) in [6.45, 7) is 9.03. The van der Waals surface area contributed by atoms with Crippen molar-refractivity contribution in [3.8, 4) is 0 Å². The van der Waals surface area contributed by atoms with Crippen molar-refractivity contribution < 1.29 is 14.3 Å². The van der Waals surface area contributed by atoms with Crippen LogP contribution in [0.2, 0.25) is 0 Å². The predicted octanol–water partition coefficient (Wildman–Crippen LogP) is 1.53. The third-order valence-corrected chi connectivity index (χ3v) is 8.78. The number of ether oxygens (including phenoxy) is 1. The van der Waals surface area contributed by atoms with E-state index in [4.69, 9.17) is 10.5 Å². The normalized spacial score (nSPS) is 27.0. The molecule has 0 aromatic rings. The SMILES string of the molecule is CC(C(=O)N1CCN(C)CC1)N1CCC(OC2CCN(C(=O)C(N)C3CCCCC3)CC2)CC1. The molecule has 0 radical (unpaired) electrons. The fraction of sp³-hybridized carbons (Fsp3) is 0.923. The Morgan fingerprint density at radius 1 is 0.735 bits per heavy atom. The standard InChI is InChI=1S/C26H47N5O3/c1-20(25(32)31-18-16-28(2)17-19-31)29-12-8-22(9-13-29)34-23-10-14-30(15-11-23)26(33)24(27)21-6-4-3-5-7-21/h20-24H,3-19,27H2,1-2H3. The van der Waals surface area contributed by atoms with Crippen molar-refractivity contribution in [2.75, 3.05) is 59.4 Å². The van der Waals surface area contributed by atoms with Crippen LogP contribution in [0.3, 0.4) is 0 Å². The molecule has 8 heteroatoms. The molecule has 4 fully saturated rings. The van der Waals surface area contributed by atoms with Crippen LogP contribution in [0.25, 0.3) is 0 Å². The van der Waals surface area contributed by atoms with Crippen molar-refractivity contribution in [1.82, 2.24) is 19.6 Å². The molecule has 8 nitrogen and oxygen atoms in total. The number of hydrogen-bond acceptors (Lipinski definition) is 6. The first-order valence-corrected chi connectivity index (χ1v) is 13.8. The van der Waals surface area contributed by atoms with Gasteiger partial charge in [-0.1, -0.05) is 19.3 Å². The molecule has 1 aliphatic carbocycles. The lowest BCUT2D eigenvalue weighted by molar-refractivity contribution is -0.141. The Bertz CT molecular complexity index is 661. The molecule has 0 bridgehead atoms. The number of nitrogens with zero attached hydrogens (tertiary/aromatic N) is 4. The molecule has 0 spiro atoms. The highest BCUT2D eigenvalue weighted by molar-refractivity contribution is 5.82. The average Bonchev–Trinajstić information content (AvgIpc) is 2.89. The monoisotopic (exact) mass is 477 g/mol. The maximum Gasteiger partial charge on any atom is 0.239 e. The molecule has 4 aliphatic rings. The minimum atomic E-state index is -0.322. The van der Waals surface area contributed by atoms with Crippen LogP contribution >= 0.6 is 0 Å². The number of amides is 2. The van der Waals surface area contributed by atoms with Gasteiger partial charge in [-0.3, -0.25) is 14.5 Å². The van der Waals surface area contributed by atoms with E-state index in [1.165, 1.54) is 19.3 Å². The highest BCUT2D eigenvalue weighted by Gasteiger charge is 2.34. The number of likely N-dealkylation sites (N-methyl/N-ethyl adjacent to an activating group) is 1. The van der Waals surface area contributed by atoms with Gasteiger partial charge in [0.1, 0.15) is 0 Å². The minimum absolute atomic E-state index is 0.0491. The summed E-state index contributed by atoms with van der Waals surface area (Å²) in [4.78, 5) is 34.4. The van der Waals surface area contributed by atoms with Gasteiger partial charge in [0, 0.05) is 52.4 Å². The topological polar surface area (TPSA) is 82.4 Å². The van der Waals surface area contributed by atoms with Crippen LogP contribution in [0.1, 0.15) is 64.7 Å². The van der Waals surface area contributed by atoms with Gasteiger partial charge in [0.15, 0.2) is 0 Å². The van der Waals surface area contributed by atoms with E-state index in [2.05, 4.69) is 23.8 Å². The maximum atomic E-state index is 12.9.